The second-order valence-electron chi connectivity index (χ2n) is 5.04. The van der Waals surface area contributed by atoms with Gasteiger partial charge in [0.2, 0.25) is 0 Å². The highest BCUT2D eigenvalue weighted by Crippen LogP contribution is 2.20. The lowest BCUT2D eigenvalue weighted by Crippen LogP contribution is -2.52. The molecule has 1 atom stereocenters. The first kappa shape index (κ1) is 12.2. The Morgan fingerprint density at radius 3 is 3.00 bits per heavy atom. The van der Waals surface area contributed by atoms with Crippen LogP contribution in [-0.4, -0.2) is 46.3 Å². The van der Waals surface area contributed by atoms with Gasteiger partial charge in [0.05, 0.1) is 5.52 Å². The highest BCUT2D eigenvalue weighted by Gasteiger charge is 2.27. The van der Waals surface area contributed by atoms with Crippen LogP contribution in [0.3, 0.4) is 0 Å². The number of nitrogens with zero attached hydrogens (tertiary/aromatic N) is 3. The van der Waals surface area contributed by atoms with Crippen LogP contribution in [-0.2, 0) is 7.05 Å². The van der Waals surface area contributed by atoms with Crippen LogP contribution in [0.15, 0.2) is 24.3 Å². The summed E-state index contributed by atoms with van der Waals surface area (Å²) in [5.74, 6) is 0.0331. The highest BCUT2D eigenvalue weighted by molar-refractivity contribution is 6.05. The average molecular weight is 258 g/mol. The number of aryl methyl sites for hydroxylation is 1. The third-order valence-corrected chi connectivity index (χ3v) is 3.72. The predicted molar refractivity (Wildman–Crippen MR) is 74.1 cm³/mol. The summed E-state index contributed by atoms with van der Waals surface area (Å²) in [5, 5.41) is 8.63. The van der Waals surface area contributed by atoms with Crippen molar-refractivity contribution in [2.45, 2.75) is 13.0 Å². The molecule has 3 rings (SSSR count). The summed E-state index contributed by atoms with van der Waals surface area (Å²) < 4.78 is 1.77. The molecule has 1 saturated heterocycles. The van der Waals surface area contributed by atoms with Crippen LogP contribution >= 0.6 is 0 Å². The van der Waals surface area contributed by atoms with Gasteiger partial charge in [-0.1, -0.05) is 18.2 Å². The minimum absolute atomic E-state index is 0.0331. The molecule has 100 valence electrons. The molecular weight excluding hydrogens is 240 g/mol. The van der Waals surface area contributed by atoms with Crippen LogP contribution in [0.5, 0.6) is 0 Å². The molecule has 1 fully saturated rings. The Hall–Kier alpha value is -1.88. The number of amides is 1. The topological polar surface area (TPSA) is 50.2 Å². The quantitative estimate of drug-likeness (QED) is 0.830. The molecule has 2 heterocycles. The minimum Gasteiger partial charge on any atom is -0.332 e. The zero-order valence-corrected chi connectivity index (χ0v) is 11.3. The lowest BCUT2D eigenvalue weighted by atomic mass is 10.1. The zero-order valence-electron chi connectivity index (χ0n) is 11.3. The zero-order chi connectivity index (χ0) is 13.4. The summed E-state index contributed by atoms with van der Waals surface area (Å²) in [6.45, 7) is 4.50. The van der Waals surface area contributed by atoms with Gasteiger partial charge in [-0.05, 0) is 13.0 Å². The summed E-state index contributed by atoms with van der Waals surface area (Å²) in [7, 11) is 1.88. The third-order valence-electron chi connectivity index (χ3n) is 3.72. The van der Waals surface area contributed by atoms with E-state index in [9.17, 15) is 4.79 Å². The van der Waals surface area contributed by atoms with Gasteiger partial charge in [0, 0.05) is 38.1 Å². The minimum atomic E-state index is 0.0331. The SMILES string of the molecule is CC1CNCCN1C(=O)c1nn(C)c2ccccc12. The van der Waals surface area contributed by atoms with Crippen molar-refractivity contribution in [3.8, 4) is 0 Å². The molecule has 1 aromatic carbocycles. The molecule has 5 heteroatoms. The number of nitrogens with one attached hydrogen (secondary N) is 1. The van der Waals surface area contributed by atoms with Crippen LogP contribution in [0.4, 0.5) is 0 Å². The van der Waals surface area contributed by atoms with Gasteiger partial charge in [0.1, 0.15) is 0 Å². The second kappa shape index (κ2) is 4.66. The highest BCUT2D eigenvalue weighted by atomic mass is 16.2. The van der Waals surface area contributed by atoms with Crippen molar-refractivity contribution >= 4 is 16.8 Å². The number of aromatic nitrogens is 2. The first-order valence-electron chi connectivity index (χ1n) is 6.62. The maximum absolute atomic E-state index is 12.7. The van der Waals surface area contributed by atoms with E-state index in [1.54, 1.807) is 4.68 Å². The van der Waals surface area contributed by atoms with E-state index in [1.165, 1.54) is 0 Å². The molecule has 0 aliphatic carbocycles. The Morgan fingerprint density at radius 1 is 1.42 bits per heavy atom. The molecule has 1 unspecified atom stereocenters. The van der Waals surface area contributed by atoms with Gasteiger partial charge in [-0.2, -0.15) is 5.10 Å². The van der Waals surface area contributed by atoms with Crippen LogP contribution in [0.1, 0.15) is 17.4 Å². The standard InChI is InChI=1S/C14H18N4O/c1-10-9-15-7-8-18(10)14(19)13-11-5-3-4-6-12(11)17(2)16-13/h3-6,10,15H,7-9H2,1-2H3. The van der Waals surface area contributed by atoms with Crippen LogP contribution in [0.25, 0.3) is 10.9 Å². The number of hydrogen-bond donors (Lipinski definition) is 1. The van der Waals surface area contributed by atoms with E-state index >= 15 is 0 Å². The Labute approximate surface area is 112 Å². The fourth-order valence-electron chi connectivity index (χ4n) is 2.65. The lowest BCUT2D eigenvalue weighted by molar-refractivity contribution is 0.0651. The van der Waals surface area contributed by atoms with E-state index in [0.717, 1.165) is 30.5 Å². The van der Waals surface area contributed by atoms with Crippen molar-refractivity contribution in [3.63, 3.8) is 0 Å². The molecule has 1 aliphatic rings. The number of benzene rings is 1. The number of rotatable bonds is 1. The number of para-hydroxylation sites is 1. The maximum atomic E-state index is 12.7. The Balaban J connectivity index is 2.02. The normalized spacial score (nSPS) is 19.9. The summed E-state index contributed by atoms with van der Waals surface area (Å²) in [6.07, 6.45) is 0. The molecule has 19 heavy (non-hydrogen) atoms. The van der Waals surface area contributed by atoms with E-state index in [0.29, 0.717) is 5.69 Å². The largest absolute Gasteiger partial charge is 0.332 e. The van der Waals surface area contributed by atoms with Crippen molar-refractivity contribution < 1.29 is 4.79 Å². The molecule has 2 aromatic rings. The van der Waals surface area contributed by atoms with Gasteiger partial charge in [-0.3, -0.25) is 9.48 Å². The fraction of sp³-hybridized carbons (Fsp3) is 0.429. The predicted octanol–water partition coefficient (Wildman–Crippen LogP) is 1.01. The molecule has 0 saturated carbocycles. The summed E-state index contributed by atoms with van der Waals surface area (Å²) in [5.41, 5.74) is 1.56. The molecule has 0 bridgehead atoms. The molecular formula is C14H18N4O. The van der Waals surface area contributed by atoms with Gasteiger partial charge in [0.15, 0.2) is 5.69 Å². The Kier molecular flexibility index (Phi) is 2.98. The van der Waals surface area contributed by atoms with E-state index in [-0.39, 0.29) is 11.9 Å². The van der Waals surface area contributed by atoms with Gasteiger partial charge in [0.25, 0.3) is 5.91 Å². The van der Waals surface area contributed by atoms with Crippen molar-refractivity contribution in [2.75, 3.05) is 19.6 Å². The molecule has 1 aromatic heterocycles. The summed E-state index contributed by atoms with van der Waals surface area (Å²) in [4.78, 5) is 14.6. The van der Waals surface area contributed by atoms with Gasteiger partial charge >= 0.3 is 0 Å². The molecule has 0 radical (unpaired) electrons. The third kappa shape index (κ3) is 2.00. The summed E-state index contributed by atoms with van der Waals surface area (Å²) >= 11 is 0. The van der Waals surface area contributed by atoms with Crippen molar-refractivity contribution in [1.29, 1.82) is 0 Å². The Morgan fingerprint density at radius 2 is 2.21 bits per heavy atom. The van der Waals surface area contributed by atoms with Crippen LogP contribution in [0.2, 0.25) is 0 Å². The fourth-order valence-corrected chi connectivity index (χ4v) is 2.65. The lowest BCUT2D eigenvalue weighted by Gasteiger charge is -2.33. The first-order chi connectivity index (χ1) is 9.18. The van der Waals surface area contributed by atoms with E-state index in [1.807, 2.05) is 36.2 Å². The maximum Gasteiger partial charge on any atom is 0.275 e. The molecule has 1 N–H and O–H groups in total. The van der Waals surface area contributed by atoms with Gasteiger partial charge in [-0.25, -0.2) is 0 Å². The number of fused-ring (bicyclic) bond motifs is 1. The Bertz CT molecular complexity index is 619. The number of carbonyl (C=O) groups excluding carboxylic acids is 1. The number of hydrogen-bond acceptors (Lipinski definition) is 3. The first-order valence-corrected chi connectivity index (χ1v) is 6.62. The van der Waals surface area contributed by atoms with E-state index in [4.69, 9.17) is 0 Å². The van der Waals surface area contributed by atoms with Crippen LogP contribution < -0.4 is 5.32 Å². The average Bonchev–Trinajstić information content (AvgIpc) is 2.77. The van der Waals surface area contributed by atoms with Crippen molar-refractivity contribution in [3.05, 3.63) is 30.0 Å². The number of piperazine rings is 1. The second-order valence-corrected chi connectivity index (χ2v) is 5.04. The molecule has 1 aliphatic heterocycles. The monoisotopic (exact) mass is 258 g/mol. The van der Waals surface area contributed by atoms with Crippen LogP contribution in [0, 0.1) is 0 Å². The number of carbonyl (C=O) groups is 1. The van der Waals surface area contributed by atoms with Crippen molar-refractivity contribution in [1.82, 2.24) is 20.0 Å². The van der Waals surface area contributed by atoms with E-state index < -0.39 is 0 Å². The van der Waals surface area contributed by atoms with Crippen molar-refractivity contribution in [2.24, 2.45) is 7.05 Å². The smallest absolute Gasteiger partial charge is 0.275 e. The molecule has 5 nitrogen and oxygen atoms in total. The molecule has 1 amide bonds. The van der Waals surface area contributed by atoms with E-state index in [2.05, 4.69) is 17.3 Å². The molecule has 0 spiro atoms. The van der Waals surface area contributed by atoms with Gasteiger partial charge < -0.3 is 10.2 Å². The summed E-state index contributed by atoms with van der Waals surface area (Å²) in [6, 6.07) is 8.07. The van der Waals surface area contributed by atoms with Gasteiger partial charge in [-0.15, -0.1) is 0 Å².